The van der Waals surface area contributed by atoms with Gasteiger partial charge in [-0.2, -0.15) is 0 Å². The minimum Gasteiger partial charge on any atom is -0.507 e. The van der Waals surface area contributed by atoms with E-state index in [1.54, 1.807) is 6.92 Å². The number of carbonyl (C=O) groups is 1. The van der Waals surface area contributed by atoms with Crippen LogP contribution in [0.1, 0.15) is 22.8 Å². The van der Waals surface area contributed by atoms with Gasteiger partial charge in [0.25, 0.3) is 0 Å². The number of aliphatic hydroxyl groups excluding tert-OH is 1. The summed E-state index contributed by atoms with van der Waals surface area (Å²) in [5.41, 5.74) is 0.699. The van der Waals surface area contributed by atoms with Crippen LogP contribution in [0.4, 0.5) is 0 Å². The van der Waals surface area contributed by atoms with Crippen LogP contribution in [-0.4, -0.2) is 36.5 Å². The van der Waals surface area contributed by atoms with E-state index in [4.69, 9.17) is 4.74 Å². The summed E-state index contributed by atoms with van der Waals surface area (Å²) in [6.45, 7) is 1.63. The number of esters is 1. The lowest BCUT2D eigenvalue weighted by Gasteiger charge is -2.13. The topological polar surface area (TPSA) is 76.0 Å². The molecule has 0 heterocycles. The Hall–Kier alpha value is -1.75. The lowest BCUT2D eigenvalue weighted by atomic mass is 10.0. The monoisotopic (exact) mass is 240 g/mol. The van der Waals surface area contributed by atoms with Gasteiger partial charge in [0.1, 0.15) is 17.1 Å². The van der Waals surface area contributed by atoms with E-state index in [0.717, 1.165) is 0 Å². The smallest absolute Gasteiger partial charge is 0.341 e. The van der Waals surface area contributed by atoms with Crippen LogP contribution in [0.5, 0.6) is 11.5 Å². The van der Waals surface area contributed by atoms with E-state index in [1.807, 2.05) is 0 Å². The van der Waals surface area contributed by atoms with Crippen LogP contribution in [0.3, 0.4) is 0 Å². The third-order valence-corrected chi connectivity index (χ3v) is 2.32. The second-order valence-electron chi connectivity index (χ2n) is 3.73. The highest BCUT2D eigenvalue weighted by atomic mass is 16.5. The van der Waals surface area contributed by atoms with Crippen LogP contribution >= 0.6 is 0 Å². The number of aliphatic hydroxyl groups is 1. The molecular weight excluding hydrogens is 224 g/mol. The van der Waals surface area contributed by atoms with Crippen LogP contribution in [0.25, 0.3) is 0 Å². The number of ether oxygens (including phenoxy) is 2. The maximum atomic E-state index is 11.4. The molecule has 0 amide bonds. The Morgan fingerprint density at radius 2 is 2.06 bits per heavy atom. The molecule has 0 aliphatic heterocycles. The molecule has 0 aliphatic rings. The van der Waals surface area contributed by atoms with Crippen molar-refractivity contribution in [2.45, 2.75) is 19.4 Å². The Labute approximate surface area is 99.6 Å². The molecule has 0 spiro atoms. The first-order chi connectivity index (χ1) is 7.99. The Bertz CT molecular complexity index is 412. The number of rotatable bonds is 4. The summed E-state index contributed by atoms with van der Waals surface area (Å²) in [5.74, 6) is -0.406. The fourth-order valence-electron chi connectivity index (χ4n) is 1.56. The summed E-state index contributed by atoms with van der Waals surface area (Å²) >= 11 is 0. The number of benzene rings is 1. The van der Waals surface area contributed by atoms with Crippen LogP contribution < -0.4 is 4.74 Å². The Balaban J connectivity index is 3.22. The molecule has 2 N–H and O–H groups in total. The maximum absolute atomic E-state index is 11.4. The van der Waals surface area contributed by atoms with Crippen molar-refractivity contribution in [1.29, 1.82) is 0 Å². The van der Waals surface area contributed by atoms with E-state index in [1.165, 1.54) is 26.4 Å². The van der Waals surface area contributed by atoms with Crippen LogP contribution in [0.2, 0.25) is 0 Å². The first-order valence-corrected chi connectivity index (χ1v) is 5.15. The number of hydrogen-bond donors (Lipinski definition) is 2. The summed E-state index contributed by atoms with van der Waals surface area (Å²) in [4.78, 5) is 11.4. The van der Waals surface area contributed by atoms with Gasteiger partial charge in [0, 0.05) is 12.5 Å². The summed E-state index contributed by atoms with van der Waals surface area (Å²) in [6.07, 6.45) is -0.244. The molecule has 0 saturated heterocycles. The molecule has 17 heavy (non-hydrogen) atoms. The third-order valence-electron chi connectivity index (χ3n) is 2.32. The van der Waals surface area contributed by atoms with E-state index < -0.39 is 12.1 Å². The van der Waals surface area contributed by atoms with E-state index in [-0.39, 0.29) is 11.3 Å². The van der Waals surface area contributed by atoms with Gasteiger partial charge < -0.3 is 19.7 Å². The number of aromatic hydroxyl groups is 1. The second kappa shape index (κ2) is 5.54. The molecule has 0 fully saturated rings. The molecule has 0 saturated carbocycles. The fraction of sp³-hybridized carbons (Fsp3) is 0.417. The lowest BCUT2D eigenvalue weighted by molar-refractivity contribution is 0.0597. The molecule has 5 nitrogen and oxygen atoms in total. The zero-order chi connectivity index (χ0) is 13.0. The molecule has 0 radical (unpaired) electrons. The number of methoxy groups -OCH3 is 2. The number of phenols is 1. The zero-order valence-corrected chi connectivity index (χ0v) is 10.1. The molecule has 0 bridgehead atoms. The summed E-state index contributed by atoms with van der Waals surface area (Å²) in [5, 5.41) is 19.0. The summed E-state index contributed by atoms with van der Waals surface area (Å²) in [7, 11) is 2.69. The molecule has 1 aromatic carbocycles. The van der Waals surface area contributed by atoms with Crippen molar-refractivity contribution in [1.82, 2.24) is 0 Å². The largest absolute Gasteiger partial charge is 0.507 e. The van der Waals surface area contributed by atoms with Crippen molar-refractivity contribution < 1.29 is 24.5 Å². The lowest BCUT2D eigenvalue weighted by Crippen LogP contribution is -2.08. The summed E-state index contributed by atoms with van der Waals surface area (Å²) in [6, 6.07) is 2.80. The predicted molar refractivity (Wildman–Crippen MR) is 61.4 cm³/mol. The van der Waals surface area contributed by atoms with Crippen LogP contribution in [0, 0.1) is 0 Å². The van der Waals surface area contributed by atoms with Crippen molar-refractivity contribution in [2.75, 3.05) is 14.2 Å². The fourth-order valence-corrected chi connectivity index (χ4v) is 1.56. The molecule has 0 aromatic heterocycles. The first kappa shape index (κ1) is 13.3. The maximum Gasteiger partial charge on any atom is 0.341 e. The summed E-state index contributed by atoms with van der Waals surface area (Å²) < 4.78 is 9.62. The van der Waals surface area contributed by atoms with E-state index in [9.17, 15) is 15.0 Å². The Morgan fingerprint density at radius 3 is 2.53 bits per heavy atom. The number of phenolic OH excluding ortho intramolecular Hbond substituents is 1. The van der Waals surface area contributed by atoms with Gasteiger partial charge in [-0.25, -0.2) is 4.79 Å². The molecule has 1 atom stereocenters. The van der Waals surface area contributed by atoms with E-state index >= 15 is 0 Å². The molecule has 0 aliphatic carbocycles. The van der Waals surface area contributed by atoms with Crippen LogP contribution in [-0.2, 0) is 11.2 Å². The van der Waals surface area contributed by atoms with E-state index in [2.05, 4.69) is 4.74 Å². The van der Waals surface area contributed by atoms with E-state index in [0.29, 0.717) is 17.7 Å². The van der Waals surface area contributed by atoms with Crippen LogP contribution in [0.15, 0.2) is 12.1 Å². The van der Waals surface area contributed by atoms with Crippen molar-refractivity contribution in [3.8, 4) is 11.5 Å². The van der Waals surface area contributed by atoms with Crippen molar-refractivity contribution in [2.24, 2.45) is 0 Å². The quantitative estimate of drug-likeness (QED) is 0.771. The van der Waals surface area contributed by atoms with Gasteiger partial charge in [-0.15, -0.1) is 0 Å². The molecule has 1 rings (SSSR count). The average molecular weight is 240 g/mol. The molecule has 1 aromatic rings. The normalized spacial score (nSPS) is 12.0. The molecule has 1 unspecified atom stereocenters. The van der Waals surface area contributed by atoms with Gasteiger partial charge in [0.15, 0.2) is 0 Å². The highest BCUT2D eigenvalue weighted by Crippen LogP contribution is 2.29. The zero-order valence-electron chi connectivity index (χ0n) is 10.1. The minimum absolute atomic E-state index is 0.0592. The highest BCUT2D eigenvalue weighted by molar-refractivity contribution is 5.92. The van der Waals surface area contributed by atoms with Gasteiger partial charge in [-0.05, 0) is 18.6 Å². The SMILES string of the molecule is COC(=O)c1cc(CC(C)O)c(OC)cc1O. The van der Waals surface area contributed by atoms with Gasteiger partial charge >= 0.3 is 5.97 Å². The van der Waals surface area contributed by atoms with Crippen molar-refractivity contribution in [3.63, 3.8) is 0 Å². The standard InChI is InChI=1S/C12H16O5/c1-7(13)4-8-5-9(12(15)17-3)10(14)6-11(8)16-2/h5-7,13-14H,4H2,1-3H3. The molecular formula is C12H16O5. The van der Waals surface area contributed by atoms with Gasteiger partial charge in [0.05, 0.1) is 20.3 Å². The predicted octanol–water partition coefficient (Wildman–Crippen LogP) is 1.11. The highest BCUT2D eigenvalue weighted by Gasteiger charge is 2.17. The third kappa shape index (κ3) is 3.10. The van der Waals surface area contributed by atoms with Crippen molar-refractivity contribution >= 4 is 5.97 Å². The minimum atomic E-state index is -0.628. The number of carbonyl (C=O) groups excluding carboxylic acids is 1. The molecule has 5 heteroatoms. The van der Waals surface area contributed by atoms with Gasteiger partial charge in [-0.3, -0.25) is 0 Å². The van der Waals surface area contributed by atoms with Gasteiger partial charge in [-0.1, -0.05) is 0 Å². The Kier molecular flexibility index (Phi) is 4.34. The average Bonchev–Trinajstić information content (AvgIpc) is 2.29. The first-order valence-electron chi connectivity index (χ1n) is 5.15. The number of hydrogen-bond acceptors (Lipinski definition) is 5. The van der Waals surface area contributed by atoms with Gasteiger partial charge in [0.2, 0.25) is 0 Å². The molecule has 94 valence electrons. The Morgan fingerprint density at radius 1 is 1.41 bits per heavy atom. The second-order valence-corrected chi connectivity index (χ2v) is 3.73. The van der Waals surface area contributed by atoms with Crippen molar-refractivity contribution in [3.05, 3.63) is 23.3 Å².